The molecule has 1 aromatic heterocycles. The van der Waals surface area contributed by atoms with Crippen molar-refractivity contribution < 1.29 is 14.7 Å². The van der Waals surface area contributed by atoms with E-state index in [1.165, 1.54) is 4.90 Å². The second kappa shape index (κ2) is 8.44. The van der Waals surface area contributed by atoms with Crippen LogP contribution < -0.4 is 5.32 Å². The Morgan fingerprint density at radius 2 is 2.16 bits per heavy atom. The van der Waals surface area contributed by atoms with Crippen molar-refractivity contribution in [2.75, 3.05) is 33.7 Å². The first-order valence-corrected chi connectivity index (χ1v) is 8.77. The lowest BCUT2D eigenvalue weighted by atomic mass is 10.0. The second-order valence-corrected chi connectivity index (χ2v) is 6.83. The van der Waals surface area contributed by atoms with Crippen LogP contribution in [0, 0.1) is 6.92 Å². The molecule has 0 unspecified atom stereocenters. The smallest absolute Gasteiger partial charge is 0.255 e. The van der Waals surface area contributed by atoms with E-state index < -0.39 is 6.10 Å². The van der Waals surface area contributed by atoms with Crippen LogP contribution >= 0.6 is 0 Å². The Bertz CT molecular complexity index is 613. The van der Waals surface area contributed by atoms with E-state index in [1.54, 1.807) is 20.3 Å². The van der Waals surface area contributed by atoms with E-state index in [9.17, 15) is 14.7 Å². The fraction of sp³-hybridized carbons (Fsp3) is 0.706. The fourth-order valence-electron chi connectivity index (χ4n) is 2.99. The fourth-order valence-corrected chi connectivity index (χ4v) is 2.99. The molecule has 1 aromatic rings. The number of aromatic nitrogens is 2. The summed E-state index contributed by atoms with van der Waals surface area (Å²) >= 11 is 0. The topological polar surface area (TPSA) is 90.7 Å². The molecule has 1 aliphatic rings. The third kappa shape index (κ3) is 4.79. The number of rotatable bonds is 6. The van der Waals surface area contributed by atoms with Crippen molar-refractivity contribution >= 4 is 11.8 Å². The van der Waals surface area contributed by atoms with Crippen LogP contribution in [0.5, 0.6) is 0 Å². The van der Waals surface area contributed by atoms with Gasteiger partial charge in [0.2, 0.25) is 5.91 Å². The molecule has 1 saturated heterocycles. The summed E-state index contributed by atoms with van der Waals surface area (Å²) in [5.41, 5.74) is 1.38. The number of nitrogens with zero attached hydrogens (tertiary/aromatic N) is 4. The van der Waals surface area contributed by atoms with Gasteiger partial charge in [-0.15, -0.1) is 0 Å². The molecular formula is C17H29N5O3. The number of aliphatic hydroxyl groups is 1. The molecule has 0 aromatic carbocycles. The summed E-state index contributed by atoms with van der Waals surface area (Å²) in [7, 11) is 3.43. The number of amides is 2. The highest BCUT2D eigenvalue weighted by Crippen LogP contribution is 2.14. The van der Waals surface area contributed by atoms with Crippen molar-refractivity contribution in [2.24, 2.45) is 0 Å². The third-order valence-corrected chi connectivity index (χ3v) is 4.62. The average molecular weight is 351 g/mol. The Morgan fingerprint density at radius 3 is 2.76 bits per heavy atom. The zero-order valence-electron chi connectivity index (χ0n) is 15.5. The lowest BCUT2D eigenvalue weighted by Crippen LogP contribution is -2.55. The van der Waals surface area contributed by atoms with Crippen LogP contribution in [0.15, 0.2) is 6.20 Å². The normalized spacial score (nSPS) is 21.2. The van der Waals surface area contributed by atoms with E-state index in [0.29, 0.717) is 25.1 Å². The van der Waals surface area contributed by atoms with Crippen LogP contribution in [-0.2, 0) is 11.3 Å². The number of likely N-dealkylation sites (tertiary alicyclic amines) is 1. The highest BCUT2D eigenvalue weighted by molar-refractivity contribution is 5.95. The van der Waals surface area contributed by atoms with Crippen molar-refractivity contribution in [3.63, 3.8) is 0 Å². The van der Waals surface area contributed by atoms with Gasteiger partial charge >= 0.3 is 0 Å². The van der Waals surface area contributed by atoms with Crippen LogP contribution in [0.2, 0.25) is 0 Å². The summed E-state index contributed by atoms with van der Waals surface area (Å²) in [5.74, 6) is -0.199. The van der Waals surface area contributed by atoms with Crippen LogP contribution in [0.4, 0.5) is 0 Å². The van der Waals surface area contributed by atoms with E-state index in [4.69, 9.17) is 0 Å². The number of aliphatic hydroxyl groups excluding tert-OH is 1. The number of hydrogen-bond acceptors (Lipinski definition) is 5. The van der Waals surface area contributed by atoms with E-state index >= 15 is 0 Å². The Morgan fingerprint density at radius 1 is 1.44 bits per heavy atom. The minimum absolute atomic E-state index is 0.00801. The molecule has 2 amide bonds. The predicted molar refractivity (Wildman–Crippen MR) is 94.3 cm³/mol. The summed E-state index contributed by atoms with van der Waals surface area (Å²) in [4.78, 5) is 27.7. The van der Waals surface area contributed by atoms with Gasteiger partial charge in [0.05, 0.1) is 30.5 Å². The molecule has 25 heavy (non-hydrogen) atoms. The predicted octanol–water partition coefficient (Wildman–Crippen LogP) is -0.145. The van der Waals surface area contributed by atoms with Gasteiger partial charge in [-0.1, -0.05) is 6.92 Å². The number of likely N-dealkylation sites (N-methyl/N-ethyl adjacent to an activating group) is 1. The largest absolute Gasteiger partial charge is 0.390 e. The maximum absolute atomic E-state index is 12.5. The molecular weight excluding hydrogens is 322 g/mol. The van der Waals surface area contributed by atoms with Gasteiger partial charge in [0.25, 0.3) is 5.91 Å². The molecule has 0 aliphatic carbocycles. The van der Waals surface area contributed by atoms with E-state index in [2.05, 4.69) is 17.3 Å². The van der Waals surface area contributed by atoms with Gasteiger partial charge in [0.1, 0.15) is 0 Å². The van der Waals surface area contributed by atoms with Crippen LogP contribution in [-0.4, -0.2) is 82.4 Å². The Balaban J connectivity index is 1.91. The first-order chi connectivity index (χ1) is 11.8. The lowest BCUT2D eigenvalue weighted by Gasteiger charge is -2.36. The van der Waals surface area contributed by atoms with Gasteiger partial charge < -0.3 is 15.3 Å². The van der Waals surface area contributed by atoms with Gasteiger partial charge in [0.15, 0.2) is 0 Å². The van der Waals surface area contributed by atoms with E-state index in [0.717, 1.165) is 18.7 Å². The Kier molecular flexibility index (Phi) is 6.55. The van der Waals surface area contributed by atoms with Gasteiger partial charge in [-0.05, 0) is 19.8 Å². The van der Waals surface area contributed by atoms with Gasteiger partial charge in [-0.25, -0.2) is 0 Å². The number of hydrogen-bond donors (Lipinski definition) is 2. The van der Waals surface area contributed by atoms with Crippen molar-refractivity contribution in [3.8, 4) is 0 Å². The number of β-amino-alcohol motifs (C(OH)–C–C–N with tert-alkyl or cyclic N) is 1. The monoisotopic (exact) mass is 351 g/mol. The van der Waals surface area contributed by atoms with Gasteiger partial charge in [0, 0.05) is 39.4 Å². The molecule has 140 valence electrons. The minimum Gasteiger partial charge on any atom is -0.390 e. The second-order valence-electron chi connectivity index (χ2n) is 6.83. The standard InChI is InChI=1S/C17H29N5O3/c1-5-7-22-12(2)13(9-18-22)17(25)19-14-6-8-21(10-15(14)23)11-16(24)20(3)4/h9,14-15,23H,5-8,10-11H2,1-4H3,(H,19,25)/t14-,15-/m1/s1. The van der Waals surface area contributed by atoms with Crippen molar-refractivity contribution in [1.82, 2.24) is 24.9 Å². The minimum atomic E-state index is -0.696. The summed E-state index contributed by atoms with van der Waals surface area (Å²) in [6.45, 7) is 6.04. The van der Waals surface area contributed by atoms with Crippen LogP contribution in [0.25, 0.3) is 0 Å². The molecule has 2 N–H and O–H groups in total. The molecule has 8 heteroatoms. The highest BCUT2D eigenvalue weighted by atomic mass is 16.3. The first kappa shape index (κ1) is 19.4. The Labute approximate surface area is 148 Å². The molecule has 0 saturated carbocycles. The van der Waals surface area contributed by atoms with E-state index in [1.807, 2.05) is 16.5 Å². The Hall–Kier alpha value is -1.93. The van der Waals surface area contributed by atoms with Crippen LogP contribution in [0.3, 0.4) is 0 Å². The molecule has 0 bridgehead atoms. The highest BCUT2D eigenvalue weighted by Gasteiger charge is 2.30. The van der Waals surface area contributed by atoms with Crippen molar-refractivity contribution in [1.29, 1.82) is 0 Å². The molecule has 1 fully saturated rings. The zero-order chi connectivity index (χ0) is 18.6. The quantitative estimate of drug-likeness (QED) is 0.744. The number of nitrogens with one attached hydrogen (secondary N) is 1. The molecule has 8 nitrogen and oxygen atoms in total. The van der Waals surface area contributed by atoms with Gasteiger partial charge in [-0.3, -0.25) is 19.2 Å². The van der Waals surface area contributed by atoms with Gasteiger partial charge in [-0.2, -0.15) is 5.10 Å². The molecule has 0 spiro atoms. The molecule has 2 atom stereocenters. The van der Waals surface area contributed by atoms with E-state index in [-0.39, 0.29) is 24.4 Å². The molecule has 2 rings (SSSR count). The maximum Gasteiger partial charge on any atom is 0.255 e. The average Bonchev–Trinajstić information content (AvgIpc) is 2.91. The molecule has 2 heterocycles. The van der Waals surface area contributed by atoms with Crippen molar-refractivity contribution in [3.05, 3.63) is 17.5 Å². The molecule has 0 radical (unpaired) electrons. The maximum atomic E-state index is 12.5. The SMILES string of the molecule is CCCn1ncc(C(=O)N[C@@H]2CCN(CC(=O)N(C)C)C[C@H]2O)c1C. The number of piperidine rings is 1. The number of aryl methyl sites for hydroxylation is 1. The lowest BCUT2D eigenvalue weighted by molar-refractivity contribution is -0.130. The zero-order valence-corrected chi connectivity index (χ0v) is 15.5. The molecule has 1 aliphatic heterocycles. The summed E-state index contributed by atoms with van der Waals surface area (Å²) in [6.07, 6.45) is 2.44. The number of carbonyl (C=O) groups is 2. The number of carbonyl (C=O) groups excluding carboxylic acids is 2. The third-order valence-electron chi connectivity index (χ3n) is 4.62. The first-order valence-electron chi connectivity index (χ1n) is 8.77. The summed E-state index contributed by atoms with van der Waals surface area (Å²) < 4.78 is 1.82. The van der Waals surface area contributed by atoms with Crippen molar-refractivity contribution in [2.45, 2.75) is 45.4 Å². The summed E-state index contributed by atoms with van der Waals surface area (Å²) in [5, 5.41) is 17.5. The van der Waals surface area contributed by atoms with Crippen LogP contribution in [0.1, 0.15) is 35.8 Å². The summed E-state index contributed by atoms with van der Waals surface area (Å²) in [6, 6.07) is -0.313.